The van der Waals surface area contributed by atoms with Gasteiger partial charge in [0.25, 0.3) is 0 Å². The molecule has 0 aromatic rings. The first-order valence-electron chi connectivity index (χ1n) is 3.58. The molecule has 0 heterocycles. The summed E-state index contributed by atoms with van der Waals surface area (Å²) in [4.78, 5) is 38.2. The summed E-state index contributed by atoms with van der Waals surface area (Å²) < 4.78 is 0. The normalized spacial score (nSPS) is 7.65. The molecular weight excluding hydrogens is 336 g/mol. The van der Waals surface area contributed by atoms with Crippen LogP contribution in [0.2, 0.25) is 0 Å². The summed E-state index contributed by atoms with van der Waals surface area (Å²) in [5.74, 6) is -5.98. The van der Waals surface area contributed by atoms with Gasteiger partial charge in [-0.3, -0.25) is 0 Å². The van der Waals surface area contributed by atoms with E-state index in [9.17, 15) is 29.7 Å². The fraction of sp³-hybridized carbons (Fsp3) is 0.429. The molecule has 0 aromatic heterocycles. The molecule has 0 aliphatic carbocycles. The number of carbonyl (C=O) groups is 4. The Morgan fingerprint density at radius 1 is 0.950 bits per heavy atom. The Morgan fingerprint density at radius 2 is 1.15 bits per heavy atom. The van der Waals surface area contributed by atoms with Crippen LogP contribution in [-0.4, -0.2) is 35.1 Å². The second kappa shape index (κ2) is 21.5. The minimum Gasteiger partial charge on any atom is -0.554 e. The summed E-state index contributed by atoms with van der Waals surface area (Å²) in [5.41, 5.74) is -2.97. The minimum atomic E-state index is -2.97. The van der Waals surface area contributed by atoms with E-state index in [1.165, 1.54) is 0 Å². The van der Waals surface area contributed by atoms with E-state index in [1.54, 1.807) is 0 Å². The topological polar surface area (TPSA) is 181 Å². The average Bonchev–Trinajstić information content (AvgIpc) is 2.01. The van der Waals surface area contributed by atoms with Crippen molar-refractivity contribution in [3.63, 3.8) is 0 Å². The third-order valence-corrected chi connectivity index (χ3v) is 1.25. The largest absolute Gasteiger partial charge is 1.00 e. The van der Waals surface area contributed by atoms with E-state index in [4.69, 9.17) is 15.0 Å². The van der Waals surface area contributed by atoms with E-state index >= 15 is 0 Å². The van der Waals surface area contributed by atoms with Gasteiger partial charge in [0.15, 0.2) is 0 Å². The molecule has 0 radical (unpaired) electrons. The number of hydrogen-bond acceptors (Lipinski definition) is 9. The number of aliphatic hydroxyl groups is 1. The average molecular weight is 342 g/mol. The number of carbonyl (C=O) groups excluding carboxylic acids is 4. The van der Waals surface area contributed by atoms with Crippen LogP contribution in [0.4, 0.5) is 0 Å². The fourth-order valence-corrected chi connectivity index (χ4v) is 0.684. The maximum Gasteiger partial charge on any atom is 1.00 e. The van der Waals surface area contributed by atoms with E-state index in [0.29, 0.717) is 0 Å². The molecule has 20 heavy (non-hydrogen) atoms. The molecule has 0 atom stereocenters. The number of aliphatic carboxylic acids is 3. The van der Waals surface area contributed by atoms with Crippen molar-refractivity contribution in [3.8, 4) is 0 Å². The van der Waals surface area contributed by atoms with Crippen LogP contribution in [-0.2, 0) is 19.2 Å². The third-order valence-electron chi connectivity index (χ3n) is 1.25. The summed E-state index contributed by atoms with van der Waals surface area (Å²) in [6.45, 7) is -0.500. The maximum absolute atomic E-state index is 10.1. The van der Waals surface area contributed by atoms with Crippen LogP contribution in [0.1, 0.15) is 12.8 Å². The zero-order chi connectivity index (χ0) is 13.4. The summed E-state index contributed by atoms with van der Waals surface area (Å²) >= 11 is 0. The molecule has 92 valence electrons. The van der Waals surface area contributed by atoms with Crippen LogP contribution in [0.3, 0.4) is 0 Å². The van der Waals surface area contributed by atoms with Gasteiger partial charge < -0.3 is 44.7 Å². The third kappa shape index (κ3) is 22.8. The number of carboxylic acid groups (broad SMARTS) is 4. The number of rotatable bonds is 5. The number of hydrogen-bond donors (Lipinski definition) is 1. The Bertz CT molecular complexity index is 283. The summed E-state index contributed by atoms with van der Waals surface area (Å²) in [6, 6.07) is 0. The van der Waals surface area contributed by atoms with Gasteiger partial charge in [-0.25, -0.2) is 0 Å². The van der Waals surface area contributed by atoms with Gasteiger partial charge in [0, 0.05) is 31.3 Å². The van der Waals surface area contributed by atoms with Crippen molar-refractivity contribution >= 4 is 24.4 Å². The van der Waals surface area contributed by atoms with Crippen molar-refractivity contribution in [1.29, 1.82) is 0 Å². The Hall–Kier alpha value is 2.48. The van der Waals surface area contributed by atoms with Gasteiger partial charge in [-0.2, -0.15) is 0 Å². The van der Waals surface area contributed by atoms with Gasteiger partial charge in [-0.1, -0.05) is 0 Å². The van der Waals surface area contributed by atoms with Crippen LogP contribution in [0.15, 0.2) is 0 Å². The second-order valence-corrected chi connectivity index (χ2v) is 2.51. The van der Waals surface area contributed by atoms with E-state index in [-0.39, 0.29) is 140 Å². The molecule has 0 saturated heterocycles. The van der Waals surface area contributed by atoms with Crippen molar-refractivity contribution in [2.75, 3.05) is 0 Å². The van der Waals surface area contributed by atoms with Gasteiger partial charge in [-0.15, -0.1) is 0 Å². The number of carboxylic acids is 3. The predicted octanol–water partition coefficient (Wildman–Crippen LogP) is -18.9. The first-order valence-corrected chi connectivity index (χ1v) is 3.58. The predicted molar refractivity (Wildman–Crippen MR) is 35.3 cm³/mol. The molecule has 0 saturated carbocycles. The van der Waals surface area contributed by atoms with E-state index < -0.39 is 42.8 Å². The Labute approximate surface area is 223 Å². The van der Waals surface area contributed by atoms with Crippen molar-refractivity contribution in [2.45, 2.75) is 18.4 Å². The molecule has 0 aliphatic heterocycles. The van der Waals surface area contributed by atoms with E-state index in [2.05, 4.69) is 0 Å². The summed E-state index contributed by atoms with van der Waals surface area (Å²) in [7, 11) is 0. The quantitative estimate of drug-likeness (QED) is 0.374. The van der Waals surface area contributed by atoms with E-state index in [1.807, 2.05) is 0 Å². The van der Waals surface area contributed by atoms with Crippen LogP contribution in [0.25, 0.3) is 0 Å². The molecule has 0 aliphatic rings. The van der Waals surface area contributed by atoms with Gasteiger partial charge in [0.05, 0.1) is 5.97 Å². The maximum atomic E-state index is 10.1. The van der Waals surface area contributed by atoms with Crippen molar-refractivity contribution in [3.05, 3.63) is 0 Å². The first kappa shape index (κ1) is 38.2. The molecular formula is C7H6KNa3O9. The zero-order valence-corrected chi connectivity index (χ0v) is 20.8. The second-order valence-electron chi connectivity index (χ2n) is 2.51. The van der Waals surface area contributed by atoms with Crippen molar-refractivity contribution in [2.24, 2.45) is 0 Å². The Morgan fingerprint density at radius 3 is 1.25 bits per heavy atom. The van der Waals surface area contributed by atoms with Crippen LogP contribution in [0.5, 0.6) is 0 Å². The van der Waals surface area contributed by atoms with Crippen molar-refractivity contribution < 1.29 is 185 Å². The SMILES string of the molecule is O=C([O-])CC(O)(CC(=O)[O-])C(=O)[O-].O=C[O-].[K+].[Na+].[Na+].[Na+]. The van der Waals surface area contributed by atoms with Gasteiger partial charge in [0.1, 0.15) is 5.60 Å². The fourth-order valence-electron chi connectivity index (χ4n) is 0.684. The van der Waals surface area contributed by atoms with Crippen molar-refractivity contribution in [1.82, 2.24) is 0 Å². The molecule has 9 nitrogen and oxygen atoms in total. The van der Waals surface area contributed by atoms with Gasteiger partial charge >= 0.3 is 140 Å². The van der Waals surface area contributed by atoms with Crippen LogP contribution >= 0.6 is 0 Å². The molecule has 0 bridgehead atoms. The molecule has 1 N–H and O–H groups in total. The molecule has 0 rings (SSSR count). The molecule has 0 unspecified atom stereocenters. The monoisotopic (exact) mass is 342 g/mol. The summed E-state index contributed by atoms with van der Waals surface area (Å²) in [5, 5.41) is 47.2. The summed E-state index contributed by atoms with van der Waals surface area (Å²) in [6.07, 6.45) is -2.72. The zero-order valence-electron chi connectivity index (χ0n) is 11.7. The molecule has 0 aromatic carbocycles. The van der Waals surface area contributed by atoms with Crippen LogP contribution in [0, 0.1) is 0 Å². The van der Waals surface area contributed by atoms with Crippen LogP contribution < -0.4 is 160 Å². The molecule has 0 amide bonds. The standard InChI is InChI=1S/C6H8O7.CH2O2.K.3Na/c7-3(8)1-6(13,5(11)12)2-4(9)10;2-1-3;;;;/h13H,1-2H2,(H,7,8)(H,9,10)(H,11,12);1H,(H,2,3);;;;/q;;4*+1/p-4. The van der Waals surface area contributed by atoms with E-state index in [0.717, 1.165) is 0 Å². The molecule has 0 fully saturated rings. The first-order chi connectivity index (χ1) is 7.19. The minimum absolute atomic E-state index is 0. The smallest absolute Gasteiger partial charge is 0.554 e. The van der Waals surface area contributed by atoms with Gasteiger partial charge in [0.2, 0.25) is 0 Å². The Balaban J connectivity index is -0.0000000641. The molecule has 13 heteroatoms. The van der Waals surface area contributed by atoms with Gasteiger partial charge in [-0.05, 0) is 0 Å². The Kier molecular flexibility index (Phi) is 41.0. The molecule has 0 spiro atoms.